The van der Waals surface area contributed by atoms with Crippen LogP contribution >= 0.6 is 0 Å². The Kier molecular flexibility index (Phi) is 5.71. The molecule has 134 valence electrons. The highest BCUT2D eigenvalue weighted by Gasteiger charge is 2.31. The molecule has 3 rings (SSSR count). The predicted octanol–water partition coefficient (Wildman–Crippen LogP) is 2.97. The number of methoxy groups -OCH3 is 2. The van der Waals surface area contributed by atoms with E-state index in [-0.39, 0.29) is 18.6 Å². The lowest BCUT2D eigenvalue weighted by Crippen LogP contribution is -2.40. The Labute approximate surface area is 147 Å². The third-order valence-electron chi connectivity index (χ3n) is 4.46. The van der Waals surface area contributed by atoms with Gasteiger partial charge in [0.25, 0.3) is 0 Å². The Morgan fingerprint density at radius 2 is 2.24 bits per heavy atom. The largest absolute Gasteiger partial charge is 0.497 e. The maximum atomic E-state index is 12.3. The number of hydrogen-bond acceptors (Lipinski definition) is 5. The summed E-state index contributed by atoms with van der Waals surface area (Å²) in [7, 11) is 3.19. The molecule has 1 aromatic heterocycles. The fraction of sp³-hybridized carbons (Fsp3) is 0.474. The zero-order chi connectivity index (χ0) is 17.6. The minimum Gasteiger partial charge on any atom is -0.497 e. The van der Waals surface area contributed by atoms with Crippen LogP contribution in [0.4, 0.5) is 0 Å². The van der Waals surface area contributed by atoms with Crippen molar-refractivity contribution in [2.45, 2.75) is 31.7 Å². The number of hydrogen-bond donors (Lipinski definition) is 0. The van der Waals surface area contributed by atoms with Crippen molar-refractivity contribution in [1.82, 2.24) is 9.88 Å². The van der Waals surface area contributed by atoms with E-state index in [4.69, 9.17) is 13.9 Å². The Balaban J connectivity index is 1.73. The Hall–Kier alpha value is -2.34. The van der Waals surface area contributed by atoms with E-state index in [9.17, 15) is 4.79 Å². The van der Waals surface area contributed by atoms with Gasteiger partial charge in [-0.3, -0.25) is 4.79 Å². The lowest BCUT2D eigenvalue weighted by molar-refractivity contribution is -0.139. The maximum Gasteiger partial charge on any atom is 0.249 e. The number of piperidine rings is 1. The number of likely N-dealkylation sites (tertiary alicyclic amines) is 1. The summed E-state index contributed by atoms with van der Waals surface area (Å²) in [4.78, 5) is 18.5. The first-order valence-corrected chi connectivity index (χ1v) is 8.57. The van der Waals surface area contributed by atoms with Crippen molar-refractivity contribution >= 4 is 5.91 Å². The third kappa shape index (κ3) is 4.20. The van der Waals surface area contributed by atoms with Crippen LogP contribution in [0.3, 0.4) is 0 Å². The van der Waals surface area contributed by atoms with Gasteiger partial charge in [-0.1, -0.05) is 12.1 Å². The summed E-state index contributed by atoms with van der Waals surface area (Å²) in [5.74, 6) is 2.20. The zero-order valence-electron chi connectivity index (χ0n) is 14.7. The number of rotatable bonds is 6. The van der Waals surface area contributed by atoms with Crippen LogP contribution in [-0.4, -0.2) is 43.2 Å². The first-order valence-electron chi connectivity index (χ1n) is 8.57. The van der Waals surface area contributed by atoms with Crippen molar-refractivity contribution in [2.75, 3.05) is 27.4 Å². The molecule has 25 heavy (non-hydrogen) atoms. The highest BCUT2D eigenvalue weighted by molar-refractivity contribution is 5.77. The van der Waals surface area contributed by atoms with E-state index in [0.717, 1.165) is 42.9 Å². The SMILES string of the molecule is COCC(=O)N1CCCC[C@H]1c1ncc(Cc2cccc(OC)c2)o1. The second-order valence-corrected chi connectivity index (χ2v) is 6.22. The molecular formula is C19H24N2O4. The van der Waals surface area contributed by atoms with Crippen LogP contribution in [0.15, 0.2) is 34.9 Å². The van der Waals surface area contributed by atoms with Gasteiger partial charge in [0, 0.05) is 20.1 Å². The second-order valence-electron chi connectivity index (χ2n) is 6.22. The summed E-state index contributed by atoms with van der Waals surface area (Å²) in [6, 6.07) is 7.78. The van der Waals surface area contributed by atoms with Crippen molar-refractivity contribution in [2.24, 2.45) is 0 Å². The molecule has 1 aromatic carbocycles. The molecule has 0 N–H and O–H groups in total. The summed E-state index contributed by atoms with van der Waals surface area (Å²) >= 11 is 0. The first kappa shape index (κ1) is 17.5. The van der Waals surface area contributed by atoms with Gasteiger partial charge < -0.3 is 18.8 Å². The van der Waals surface area contributed by atoms with Gasteiger partial charge in [0.1, 0.15) is 24.2 Å². The van der Waals surface area contributed by atoms with Crippen LogP contribution in [0.25, 0.3) is 0 Å². The van der Waals surface area contributed by atoms with E-state index in [1.165, 1.54) is 7.11 Å². The van der Waals surface area contributed by atoms with Crippen LogP contribution in [0.1, 0.15) is 42.5 Å². The minimum atomic E-state index is -0.101. The Bertz CT molecular complexity index is 713. The molecule has 0 spiro atoms. The maximum absolute atomic E-state index is 12.3. The second kappa shape index (κ2) is 8.16. The number of carbonyl (C=O) groups excluding carboxylic acids is 1. The molecule has 0 bridgehead atoms. The Morgan fingerprint density at radius 3 is 3.04 bits per heavy atom. The summed E-state index contributed by atoms with van der Waals surface area (Å²) in [6.45, 7) is 0.814. The fourth-order valence-corrected chi connectivity index (χ4v) is 3.24. The number of benzene rings is 1. The van der Waals surface area contributed by atoms with E-state index < -0.39 is 0 Å². The van der Waals surface area contributed by atoms with Crippen LogP contribution in [0.2, 0.25) is 0 Å². The molecule has 0 saturated carbocycles. The molecule has 1 aliphatic rings. The van der Waals surface area contributed by atoms with E-state index in [2.05, 4.69) is 4.98 Å². The summed E-state index contributed by atoms with van der Waals surface area (Å²) < 4.78 is 16.2. The molecule has 1 atom stereocenters. The number of carbonyl (C=O) groups is 1. The van der Waals surface area contributed by atoms with Crippen LogP contribution in [0.5, 0.6) is 5.75 Å². The molecule has 6 heteroatoms. The quantitative estimate of drug-likeness (QED) is 0.806. The first-order chi connectivity index (χ1) is 12.2. The summed E-state index contributed by atoms with van der Waals surface area (Å²) in [5, 5.41) is 0. The van der Waals surface area contributed by atoms with Gasteiger partial charge in [0.15, 0.2) is 0 Å². The Morgan fingerprint density at radius 1 is 1.36 bits per heavy atom. The average Bonchev–Trinajstić information content (AvgIpc) is 3.10. The number of ether oxygens (including phenoxy) is 2. The van der Waals surface area contributed by atoms with Gasteiger partial charge in [-0.2, -0.15) is 0 Å². The third-order valence-corrected chi connectivity index (χ3v) is 4.46. The zero-order valence-corrected chi connectivity index (χ0v) is 14.7. The normalized spacial score (nSPS) is 17.5. The summed E-state index contributed by atoms with van der Waals surface area (Å²) in [6.07, 6.45) is 5.33. The van der Waals surface area contributed by atoms with E-state index in [1.807, 2.05) is 29.2 Å². The van der Waals surface area contributed by atoms with Crippen molar-refractivity contribution < 1.29 is 18.7 Å². The molecule has 0 aliphatic carbocycles. The van der Waals surface area contributed by atoms with E-state index in [0.29, 0.717) is 12.3 Å². The highest BCUT2D eigenvalue weighted by Crippen LogP contribution is 2.31. The number of aromatic nitrogens is 1. The van der Waals surface area contributed by atoms with Gasteiger partial charge in [0.2, 0.25) is 11.8 Å². The minimum absolute atomic E-state index is 0.0141. The lowest BCUT2D eigenvalue weighted by Gasteiger charge is -2.33. The molecule has 1 fully saturated rings. The van der Waals surface area contributed by atoms with Crippen molar-refractivity contribution in [3.8, 4) is 5.75 Å². The number of amides is 1. The highest BCUT2D eigenvalue weighted by atomic mass is 16.5. The molecule has 0 radical (unpaired) electrons. The molecule has 0 unspecified atom stereocenters. The van der Waals surface area contributed by atoms with E-state index >= 15 is 0 Å². The topological polar surface area (TPSA) is 64.8 Å². The van der Waals surface area contributed by atoms with Crippen molar-refractivity contribution in [3.05, 3.63) is 47.7 Å². The smallest absolute Gasteiger partial charge is 0.249 e. The molecule has 1 saturated heterocycles. The molecule has 1 amide bonds. The number of nitrogens with zero attached hydrogens (tertiary/aromatic N) is 2. The molecule has 2 heterocycles. The lowest BCUT2D eigenvalue weighted by atomic mass is 10.0. The molecule has 2 aromatic rings. The molecular weight excluding hydrogens is 320 g/mol. The van der Waals surface area contributed by atoms with Crippen LogP contribution in [-0.2, 0) is 16.0 Å². The summed E-state index contributed by atoms with van der Waals surface area (Å²) in [5.41, 5.74) is 1.10. The van der Waals surface area contributed by atoms with Crippen LogP contribution in [0, 0.1) is 0 Å². The predicted molar refractivity (Wildman–Crippen MR) is 92.5 cm³/mol. The van der Waals surface area contributed by atoms with Gasteiger partial charge in [0.05, 0.1) is 13.3 Å². The molecule has 6 nitrogen and oxygen atoms in total. The van der Waals surface area contributed by atoms with E-state index in [1.54, 1.807) is 13.3 Å². The van der Waals surface area contributed by atoms with Crippen molar-refractivity contribution in [3.63, 3.8) is 0 Å². The van der Waals surface area contributed by atoms with Gasteiger partial charge in [-0.15, -0.1) is 0 Å². The van der Waals surface area contributed by atoms with Gasteiger partial charge >= 0.3 is 0 Å². The van der Waals surface area contributed by atoms with Crippen molar-refractivity contribution in [1.29, 1.82) is 0 Å². The standard InChI is InChI=1S/C19H24N2O4/c1-23-13-18(22)21-9-4-3-8-17(21)19-20-12-16(25-19)11-14-6-5-7-15(10-14)24-2/h5-7,10,12,17H,3-4,8-9,11,13H2,1-2H3/t17-/m0/s1. The average molecular weight is 344 g/mol. The van der Waals surface area contributed by atoms with Gasteiger partial charge in [-0.05, 0) is 37.0 Å². The number of oxazole rings is 1. The van der Waals surface area contributed by atoms with Crippen LogP contribution < -0.4 is 4.74 Å². The monoisotopic (exact) mass is 344 g/mol. The van der Waals surface area contributed by atoms with Gasteiger partial charge in [-0.25, -0.2) is 4.98 Å². The fourth-order valence-electron chi connectivity index (χ4n) is 3.24. The molecule has 1 aliphatic heterocycles.